The van der Waals surface area contributed by atoms with Crippen LogP contribution >= 0.6 is 23.4 Å². The number of urea groups is 1. The lowest BCUT2D eigenvalue weighted by Gasteiger charge is -2.28. The first-order valence-corrected chi connectivity index (χ1v) is 10.2. The Kier molecular flexibility index (Phi) is 6.86. The summed E-state index contributed by atoms with van der Waals surface area (Å²) in [6.07, 6.45) is 0.716. The highest BCUT2D eigenvalue weighted by Crippen LogP contribution is 2.44. The van der Waals surface area contributed by atoms with Crippen LogP contribution in [0.1, 0.15) is 45.1 Å². The Labute approximate surface area is 165 Å². The molecule has 26 heavy (non-hydrogen) atoms. The van der Waals surface area contributed by atoms with Crippen molar-refractivity contribution < 1.29 is 9.59 Å². The first kappa shape index (κ1) is 20.9. The molecule has 1 fully saturated rings. The minimum Gasteiger partial charge on any atom is -0.333 e. The summed E-state index contributed by atoms with van der Waals surface area (Å²) >= 11 is 7.96. The largest absolute Gasteiger partial charge is 0.333 e. The molecule has 1 aliphatic heterocycles. The molecule has 1 heterocycles. The monoisotopic (exact) mass is 397 g/mol. The molecule has 1 aromatic rings. The van der Waals surface area contributed by atoms with Gasteiger partial charge in [0.25, 0.3) is 0 Å². The van der Waals surface area contributed by atoms with E-state index in [0.717, 1.165) is 5.56 Å². The third-order valence-electron chi connectivity index (χ3n) is 4.14. The van der Waals surface area contributed by atoms with E-state index in [0.29, 0.717) is 24.5 Å². The SMILES string of the molecule is C[C@H]1S[C@H](c2ccccc2Cl)N(CCCN(C)C(=O)NC(C)(C)C)C1=O. The van der Waals surface area contributed by atoms with E-state index in [-0.39, 0.29) is 28.1 Å². The Morgan fingerprint density at radius 2 is 2.00 bits per heavy atom. The van der Waals surface area contributed by atoms with Crippen LogP contribution in [0.2, 0.25) is 5.02 Å². The van der Waals surface area contributed by atoms with Gasteiger partial charge in [-0.1, -0.05) is 29.8 Å². The summed E-state index contributed by atoms with van der Waals surface area (Å²) in [7, 11) is 1.77. The molecule has 0 unspecified atom stereocenters. The molecule has 2 rings (SSSR count). The van der Waals surface area contributed by atoms with Crippen LogP contribution < -0.4 is 5.32 Å². The van der Waals surface area contributed by atoms with Crippen LogP contribution in [0.5, 0.6) is 0 Å². The predicted molar refractivity (Wildman–Crippen MR) is 108 cm³/mol. The Morgan fingerprint density at radius 1 is 1.35 bits per heavy atom. The van der Waals surface area contributed by atoms with Crippen molar-refractivity contribution in [1.82, 2.24) is 15.1 Å². The van der Waals surface area contributed by atoms with Gasteiger partial charge in [-0.2, -0.15) is 0 Å². The summed E-state index contributed by atoms with van der Waals surface area (Å²) in [5, 5.41) is 3.46. The van der Waals surface area contributed by atoms with Crippen LogP contribution in [0, 0.1) is 0 Å². The van der Waals surface area contributed by atoms with E-state index in [9.17, 15) is 9.59 Å². The maximum atomic E-state index is 12.6. The molecule has 0 aromatic heterocycles. The molecule has 0 saturated carbocycles. The quantitative estimate of drug-likeness (QED) is 0.812. The number of nitrogens with one attached hydrogen (secondary N) is 1. The average Bonchev–Trinajstić information content (AvgIpc) is 2.81. The summed E-state index contributed by atoms with van der Waals surface area (Å²) < 4.78 is 0. The highest BCUT2D eigenvalue weighted by atomic mass is 35.5. The zero-order chi connectivity index (χ0) is 19.5. The molecule has 1 aliphatic rings. The van der Waals surface area contributed by atoms with Crippen molar-refractivity contribution in [2.24, 2.45) is 0 Å². The zero-order valence-electron chi connectivity index (χ0n) is 16.1. The summed E-state index contributed by atoms with van der Waals surface area (Å²) in [5.74, 6) is 0.127. The number of hydrogen-bond donors (Lipinski definition) is 1. The molecule has 5 nitrogen and oxygen atoms in total. The van der Waals surface area contributed by atoms with Crippen molar-refractivity contribution in [3.8, 4) is 0 Å². The van der Waals surface area contributed by atoms with Crippen LogP contribution in [0.15, 0.2) is 24.3 Å². The number of amides is 3. The zero-order valence-corrected chi connectivity index (χ0v) is 17.7. The molecular weight excluding hydrogens is 370 g/mol. The van der Waals surface area contributed by atoms with E-state index in [2.05, 4.69) is 5.32 Å². The number of thioether (sulfide) groups is 1. The van der Waals surface area contributed by atoms with E-state index in [1.54, 1.807) is 23.7 Å². The highest BCUT2D eigenvalue weighted by molar-refractivity contribution is 8.01. The van der Waals surface area contributed by atoms with Crippen LogP contribution in [0.4, 0.5) is 4.79 Å². The Morgan fingerprint density at radius 3 is 2.62 bits per heavy atom. The summed E-state index contributed by atoms with van der Waals surface area (Å²) in [4.78, 5) is 28.3. The first-order chi connectivity index (χ1) is 12.1. The van der Waals surface area contributed by atoms with E-state index in [1.165, 1.54) is 0 Å². The van der Waals surface area contributed by atoms with Crippen LogP contribution in [-0.4, -0.2) is 52.7 Å². The summed E-state index contributed by atoms with van der Waals surface area (Å²) in [5.41, 5.74) is 0.702. The second-order valence-electron chi connectivity index (χ2n) is 7.64. The molecule has 3 amide bonds. The Hall–Kier alpha value is -1.40. The molecule has 0 aliphatic carbocycles. The van der Waals surface area contributed by atoms with Gasteiger partial charge < -0.3 is 15.1 Å². The van der Waals surface area contributed by atoms with Gasteiger partial charge in [-0.15, -0.1) is 11.8 Å². The van der Waals surface area contributed by atoms with Crippen molar-refractivity contribution in [2.45, 2.75) is 50.3 Å². The molecule has 7 heteroatoms. The predicted octanol–water partition coefficient (Wildman–Crippen LogP) is 4.13. The van der Waals surface area contributed by atoms with Crippen molar-refractivity contribution in [3.05, 3.63) is 34.9 Å². The van der Waals surface area contributed by atoms with E-state index in [1.807, 2.05) is 56.9 Å². The van der Waals surface area contributed by atoms with Crippen LogP contribution in [0.25, 0.3) is 0 Å². The van der Waals surface area contributed by atoms with Gasteiger partial charge in [0.1, 0.15) is 5.37 Å². The third-order valence-corrected chi connectivity index (χ3v) is 5.86. The standard InChI is InChI=1S/C19H28ClN3O2S/c1-13-16(24)23(17(26-13)14-9-6-7-10-15(14)20)12-8-11-22(5)18(25)21-19(2,3)4/h6-7,9-10,13,17H,8,11-12H2,1-5H3,(H,21,25)/t13-,17-/m1/s1. The second-order valence-corrected chi connectivity index (χ2v) is 9.47. The number of carbonyl (C=O) groups excluding carboxylic acids is 2. The number of rotatable bonds is 5. The fraction of sp³-hybridized carbons (Fsp3) is 0.579. The van der Waals surface area contributed by atoms with Crippen molar-refractivity contribution >= 4 is 35.3 Å². The normalized spacial score (nSPS) is 20.4. The van der Waals surface area contributed by atoms with Gasteiger partial charge in [-0.3, -0.25) is 4.79 Å². The number of carbonyl (C=O) groups is 2. The number of halogens is 1. The van der Waals surface area contributed by atoms with Crippen LogP contribution in [0.3, 0.4) is 0 Å². The first-order valence-electron chi connectivity index (χ1n) is 8.84. The molecule has 1 saturated heterocycles. The van der Waals surface area contributed by atoms with Gasteiger partial charge in [0, 0.05) is 36.3 Å². The summed E-state index contributed by atoms with van der Waals surface area (Å²) in [6, 6.07) is 7.56. The minimum atomic E-state index is -0.266. The maximum absolute atomic E-state index is 12.6. The molecular formula is C19H28ClN3O2S. The topological polar surface area (TPSA) is 52.6 Å². The number of hydrogen-bond acceptors (Lipinski definition) is 3. The molecule has 2 atom stereocenters. The van der Waals surface area contributed by atoms with Gasteiger partial charge in [-0.05, 0) is 40.2 Å². The smallest absolute Gasteiger partial charge is 0.317 e. The van der Waals surface area contributed by atoms with Gasteiger partial charge in [0.05, 0.1) is 5.25 Å². The van der Waals surface area contributed by atoms with Crippen molar-refractivity contribution in [3.63, 3.8) is 0 Å². The van der Waals surface area contributed by atoms with Gasteiger partial charge in [0.15, 0.2) is 0 Å². The highest BCUT2D eigenvalue weighted by Gasteiger charge is 2.38. The lowest BCUT2D eigenvalue weighted by Crippen LogP contribution is -2.47. The molecule has 1 N–H and O–H groups in total. The van der Waals surface area contributed by atoms with Crippen LogP contribution in [-0.2, 0) is 4.79 Å². The Balaban J connectivity index is 1.97. The lowest BCUT2D eigenvalue weighted by molar-refractivity contribution is -0.129. The molecule has 0 spiro atoms. The number of benzene rings is 1. The minimum absolute atomic E-state index is 0.0695. The molecule has 144 valence electrons. The average molecular weight is 398 g/mol. The maximum Gasteiger partial charge on any atom is 0.317 e. The van der Waals surface area contributed by atoms with E-state index in [4.69, 9.17) is 11.6 Å². The second kappa shape index (κ2) is 8.53. The van der Waals surface area contributed by atoms with Gasteiger partial charge >= 0.3 is 6.03 Å². The third kappa shape index (κ3) is 5.30. The molecule has 0 radical (unpaired) electrons. The van der Waals surface area contributed by atoms with E-state index >= 15 is 0 Å². The van der Waals surface area contributed by atoms with Crippen molar-refractivity contribution in [2.75, 3.05) is 20.1 Å². The summed E-state index contributed by atoms with van der Waals surface area (Å²) in [6.45, 7) is 8.97. The molecule has 1 aromatic carbocycles. The fourth-order valence-corrected chi connectivity index (χ4v) is 4.46. The fourth-order valence-electron chi connectivity index (χ4n) is 2.81. The number of nitrogens with zero attached hydrogens (tertiary/aromatic N) is 2. The Bertz CT molecular complexity index is 662. The van der Waals surface area contributed by atoms with E-state index < -0.39 is 0 Å². The van der Waals surface area contributed by atoms with Crippen molar-refractivity contribution in [1.29, 1.82) is 0 Å². The van der Waals surface area contributed by atoms with Gasteiger partial charge in [0.2, 0.25) is 5.91 Å². The van der Waals surface area contributed by atoms with Gasteiger partial charge in [-0.25, -0.2) is 4.79 Å². The lowest BCUT2D eigenvalue weighted by atomic mass is 10.1. The molecule has 0 bridgehead atoms.